The average molecular weight is 229 g/mol. The Kier molecular flexibility index (Phi) is 8.85. The van der Waals surface area contributed by atoms with Crippen molar-refractivity contribution in [1.82, 2.24) is 5.32 Å². The average Bonchev–Trinajstić information content (AvgIpc) is 2.31. The first-order valence-corrected chi connectivity index (χ1v) is 5.63. The van der Waals surface area contributed by atoms with Gasteiger partial charge in [-0.05, 0) is 13.3 Å². The number of rotatable bonds is 9. The van der Waals surface area contributed by atoms with Gasteiger partial charge in [0.05, 0.1) is 26.2 Å². The minimum atomic E-state index is -0.187. The molecule has 0 bridgehead atoms. The van der Waals surface area contributed by atoms with Gasteiger partial charge in [-0.15, -0.1) is 6.58 Å². The zero-order valence-electron chi connectivity index (χ0n) is 10.5. The molecule has 4 nitrogen and oxygen atoms in total. The Morgan fingerprint density at radius 2 is 2.12 bits per heavy atom. The van der Waals surface area contributed by atoms with Crippen molar-refractivity contribution >= 4 is 5.97 Å². The highest BCUT2D eigenvalue weighted by molar-refractivity contribution is 5.72. The molecule has 2 unspecified atom stereocenters. The molecule has 0 aromatic carbocycles. The van der Waals surface area contributed by atoms with E-state index in [4.69, 9.17) is 4.74 Å². The Labute approximate surface area is 98.0 Å². The maximum Gasteiger partial charge on any atom is 0.309 e. The summed E-state index contributed by atoms with van der Waals surface area (Å²) in [6.07, 6.45) is 2.70. The Morgan fingerprint density at radius 3 is 2.69 bits per heavy atom. The third kappa shape index (κ3) is 6.58. The van der Waals surface area contributed by atoms with E-state index in [1.54, 1.807) is 0 Å². The van der Waals surface area contributed by atoms with Crippen molar-refractivity contribution in [3.8, 4) is 0 Å². The van der Waals surface area contributed by atoms with Gasteiger partial charge < -0.3 is 14.8 Å². The molecule has 16 heavy (non-hydrogen) atoms. The van der Waals surface area contributed by atoms with E-state index in [0.717, 1.165) is 13.0 Å². The van der Waals surface area contributed by atoms with Crippen LogP contribution in [0.2, 0.25) is 0 Å². The van der Waals surface area contributed by atoms with Crippen molar-refractivity contribution in [2.24, 2.45) is 5.92 Å². The summed E-state index contributed by atoms with van der Waals surface area (Å²) in [5, 5.41) is 3.22. The molecule has 0 saturated heterocycles. The van der Waals surface area contributed by atoms with Crippen molar-refractivity contribution < 1.29 is 14.3 Å². The fraction of sp³-hybridized carbons (Fsp3) is 0.750. The molecule has 0 aromatic heterocycles. The largest absolute Gasteiger partial charge is 0.469 e. The Morgan fingerprint density at radius 1 is 1.44 bits per heavy atom. The number of nitrogens with one attached hydrogen (secondary N) is 1. The molecular formula is C12H23NO3. The molecule has 0 aliphatic carbocycles. The van der Waals surface area contributed by atoms with Gasteiger partial charge >= 0.3 is 5.97 Å². The highest BCUT2D eigenvalue weighted by Crippen LogP contribution is 2.03. The predicted octanol–water partition coefficient (Wildman–Crippen LogP) is 1.37. The molecule has 2 atom stereocenters. The van der Waals surface area contributed by atoms with Crippen LogP contribution in [0.1, 0.15) is 20.3 Å². The quantitative estimate of drug-likeness (QED) is 0.368. The van der Waals surface area contributed by atoms with Crippen molar-refractivity contribution in [3.05, 3.63) is 12.7 Å². The Bertz CT molecular complexity index is 206. The van der Waals surface area contributed by atoms with Gasteiger partial charge in [0.25, 0.3) is 0 Å². The van der Waals surface area contributed by atoms with Crippen LogP contribution in [0.4, 0.5) is 0 Å². The van der Waals surface area contributed by atoms with Crippen LogP contribution < -0.4 is 5.32 Å². The molecule has 0 aliphatic heterocycles. The van der Waals surface area contributed by atoms with E-state index in [2.05, 4.69) is 16.6 Å². The number of ether oxygens (including phenoxy) is 2. The lowest BCUT2D eigenvalue weighted by Crippen LogP contribution is -2.38. The minimum Gasteiger partial charge on any atom is -0.469 e. The predicted molar refractivity (Wildman–Crippen MR) is 64.3 cm³/mol. The molecule has 94 valence electrons. The highest BCUT2D eigenvalue weighted by atomic mass is 16.5. The molecule has 0 aliphatic rings. The standard InChI is InChI=1S/C12H23NO3/c1-5-6-8-16-9-7-13-11(3)10(2)12(14)15-4/h5,10-11,13H,1,6-9H2,2-4H3. The smallest absolute Gasteiger partial charge is 0.309 e. The van der Waals surface area contributed by atoms with E-state index in [-0.39, 0.29) is 17.9 Å². The summed E-state index contributed by atoms with van der Waals surface area (Å²) >= 11 is 0. The zero-order valence-corrected chi connectivity index (χ0v) is 10.5. The fourth-order valence-electron chi connectivity index (χ4n) is 1.19. The highest BCUT2D eigenvalue weighted by Gasteiger charge is 2.19. The summed E-state index contributed by atoms with van der Waals surface area (Å²) in [7, 11) is 1.41. The number of hydrogen-bond acceptors (Lipinski definition) is 4. The number of carbonyl (C=O) groups is 1. The van der Waals surface area contributed by atoms with Crippen LogP contribution in [0.5, 0.6) is 0 Å². The maximum atomic E-state index is 11.2. The van der Waals surface area contributed by atoms with Gasteiger partial charge in [0.15, 0.2) is 0 Å². The van der Waals surface area contributed by atoms with E-state index in [9.17, 15) is 4.79 Å². The summed E-state index contributed by atoms with van der Waals surface area (Å²) in [4.78, 5) is 11.2. The summed E-state index contributed by atoms with van der Waals surface area (Å²) in [6.45, 7) is 9.51. The van der Waals surface area contributed by atoms with Crippen LogP contribution in [0.25, 0.3) is 0 Å². The fourth-order valence-corrected chi connectivity index (χ4v) is 1.19. The van der Waals surface area contributed by atoms with Crippen LogP contribution in [0.3, 0.4) is 0 Å². The molecule has 0 rings (SSSR count). The van der Waals surface area contributed by atoms with Gasteiger partial charge in [0.1, 0.15) is 0 Å². The van der Waals surface area contributed by atoms with Gasteiger partial charge in [-0.25, -0.2) is 0 Å². The van der Waals surface area contributed by atoms with Crippen molar-refractivity contribution in [2.75, 3.05) is 26.9 Å². The number of carbonyl (C=O) groups excluding carboxylic acids is 1. The van der Waals surface area contributed by atoms with Crippen LogP contribution in [0, 0.1) is 5.92 Å². The normalized spacial score (nSPS) is 14.2. The minimum absolute atomic E-state index is 0.0930. The van der Waals surface area contributed by atoms with E-state index >= 15 is 0 Å². The summed E-state index contributed by atoms with van der Waals surface area (Å²) < 4.78 is 10.0. The van der Waals surface area contributed by atoms with Crippen LogP contribution in [0.15, 0.2) is 12.7 Å². The zero-order chi connectivity index (χ0) is 12.4. The molecule has 0 radical (unpaired) electrons. The van der Waals surface area contributed by atoms with Gasteiger partial charge in [0, 0.05) is 12.6 Å². The van der Waals surface area contributed by atoms with Gasteiger partial charge in [-0.2, -0.15) is 0 Å². The molecule has 4 heteroatoms. The lowest BCUT2D eigenvalue weighted by Gasteiger charge is -2.19. The molecular weight excluding hydrogens is 206 g/mol. The molecule has 0 fully saturated rings. The van der Waals surface area contributed by atoms with Crippen molar-refractivity contribution in [3.63, 3.8) is 0 Å². The van der Waals surface area contributed by atoms with Gasteiger partial charge in [-0.1, -0.05) is 13.0 Å². The van der Waals surface area contributed by atoms with E-state index in [1.807, 2.05) is 19.9 Å². The third-order valence-electron chi connectivity index (χ3n) is 2.50. The first-order chi connectivity index (χ1) is 7.63. The van der Waals surface area contributed by atoms with Crippen LogP contribution in [-0.4, -0.2) is 38.9 Å². The second-order valence-corrected chi connectivity index (χ2v) is 3.74. The first-order valence-electron chi connectivity index (χ1n) is 5.63. The molecule has 0 amide bonds. The van der Waals surface area contributed by atoms with E-state index in [1.165, 1.54) is 7.11 Å². The van der Waals surface area contributed by atoms with Crippen LogP contribution in [-0.2, 0) is 14.3 Å². The lowest BCUT2D eigenvalue weighted by molar-refractivity contribution is -0.145. The topological polar surface area (TPSA) is 47.6 Å². The second-order valence-electron chi connectivity index (χ2n) is 3.74. The number of methoxy groups -OCH3 is 1. The van der Waals surface area contributed by atoms with Crippen LogP contribution >= 0.6 is 0 Å². The monoisotopic (exact) mass is 229 g/mol. The third-order valence-corrected chi connectivity index (χ3v) is 2.50. The summed E-state index contributed by atoms with van der Waals surface area (Å²) in [5.41, 5.74) is 0. The SMILES string of the molecule is C=CCCOCCNC(C)C(C)C(=O)OC. The van der Waals surface area contributed by atoms with Gasteiger partial charge in [-0.3, -0.25) is 4.79 Å². The second kappa shape index (κ2) is 9.36. The van der Waals surface area contributed by atoms with Gasteiger partial charge in [0.2, 0.25) is 0 Å². The maximum absolute atomic E-state index is 11.2. The Hall–Kier alpha value is -0.870. The first kappa shape index (κ1) is 15.1. The molecule has 0 aromatic rings. The van der Waals surface area contributed by atoms with Crippen molar-refractivity contribution in [2.45, 2.75) is 26.3 Å². The number of hydrogen-bond donors (Lipinski definition) is 1. The molecule has 0 saturated carbocycles. The molecule has 1 N–H and O–H groups in total. The molecule has 0 spiro atoms. The summed E-state index contributed by atoms with van der Waals surface area (Å²) in [6, 6.07) is 0.0930. The van der Waals surface area contributed by atoms with Crippen molar-refractivity contribution in [1.29, 1.82) is 0 Å². The summed E-state index contributed by atoms with van der Waals surface area (Å²) in [5.74, 6) is -0.328. The van der Waals surface area contributed by atoms with E-state index < -0.39 is 0 Å². The van der Waals surface area contributed by atoms with E-state index in [0.29, 0.717) is 13.2 Å². The lowest BCUT2D eigenvalue weighted by atomic mass is 10.0. The molecule has 0 heterocycles. The number of esters is 1. The Balaban J connectivity index is 3.53.